The fraction of sp³-hybridized carbons (Fsp3) is 0.263. The summed E-state index contributed by atoms with van der Waals surface area (Å²) in [5.74, 6) is 2.71. The molecule has 0 fully saturated rings. The lowest BCUT2D eigenvalue weighted by molar-refractivity contribution is 0.339. The van der Waals surface area contributed by atoms with Crippen LogP contribution in [-0.4, -0.2) is 35.5 Å². The zero-order valence-corrected chi connectivity index (χ0v) is 14.6. The minimum atomic E-state index is 0.645. The van der Waals surface area contributed by atoms with Gasteiger partial charge in [0.05, 0.1) is 41.8 Å². The predicted molar refractivity (Wildman–Crippen MR) is 93.2 cm³/mol. The molecule has 0 radical (unpaired) electrons. The maximum Gasteiger partial charge on any atom is 0.161 e. The van der Waals surface area contributed by atoms with Crippen molar-refractivity contribution in [2.45, 2.75) is 0 Å². The van der Waals surface area contributed by atoms with Crippen LogP contribution in [-0.2, 0) is 4.74 Å². The van der Waals surface area contributed by atoms with Crippen LogP contribution in [0.25, 0.3) is 5.57 Å². The summed E-state index contributed by atoms with van der Waals surface area (Å²) in [5.41, 5.74) is 2.70. The summed E-state index contributed by atoms with van der Waals surface area (Å²) in [6.45, 7) is 0. The first-order valence-electron chi connectivity index (χ1n) is 7.35. The highest BCUT2D eigenvalue weighted by Gasteiger charge is 2.13. The molecule has 0 spiro atoms. The topological polar surface area (TPSA) is 46.2 Å². The van der Waals surface area contributed by atoms with Gasteiger partial charge >= 0.3 is 0 Å². The molecular formula is C19H22O5. The molecule has 0 N–H and O–H groups in total. The molecule has 0 saturated carbocycles. The first-order valence-corrected chi connectivity index (χ1v) is 7.35. The van der Waals surface area contributed by atoms with Crippen LogP contribution in [0.1, 0.15) is 11.1 Å². The van der Waals surface area contributed by atoms with Crippen molar-refractivity contribution >= 4 is 5.57 Å². The molecule has 24 heavy (non-hydrogen) atoms. The second-order valence-electron chi connectivity index (χ2n) is 4.94. The quantitative estimate of drug-likeness (QED) is 0.724. The van der Waals surface area contributed by atoms with Crippen molar-refractivity contribution in [3.05, 3.63) is 53.8 Å². The lowest BCUT2D eigenvalue weighted by atomic mass is 9.98. The van der Waals surface area contributed by atoms with Gasteiger partial charge in [0.1, 0.15) is 11.5 Å². The van der Waals surface area contributed by atoms with Gasteiger partial charge in [-0.25, -0.2) is 0 Å². The molecule has 0 aliphatic carbocycles. The third kappa shape index (κ3) is 3.74. The number of hydrogen-bond donors (Lipinski definition) is 0. The lowest BCUT2D eigenvalue weighted by Crippen LogP contribution is -1.96. The normalized spacial score (nSPS) is 11.0. The molecule has 0 heterocycles. The van der Waals surface area contributed by atoms with E-state index in [-0.39, 0.29) is 0 Å². The van der Waals surface area contributed by atoms with Gasteiger partial charge in [0.2, 0.25) is 0 Å². The van der Waals surface area contributed by atoms with Gasteiger partial charge in [-0.2, -0.15) is 0 Å². The number of rotatable bonds is 7. The van der Waals surface area contributed by atoms with E-state index >= 15 is 0 Å². The number of hydrogen-bond acceptors (Lipinski definition) is 5. The van der Waals surface area contributed by atoms with Gasteiger partial charge in [0, 0.05) is 11.6 Å². The largest absolute Gasteiger partial charge is 0.504 e. The SMILES string of the molecule is CO/C=C(\c1cc(OC)cc(OC)c1)c1ccc(OC)c(OC)c1. The monoisotopic (exact) mass is 330 g/mol. The van der Waals surface area contributed by atoms with Crippen molar-refractivity contribution in [2.75, 3.05) is 35.5 Å². The minimum absolute atomic E-state index is 0.645. The Hall–Kier alpha value is -2.82. The van der Waals surface area contributed by atoms with E-state index in [0.717, 1.165) is 16.7 Å². The summed E-state index contributed by atoms with van der Waals surface area (Å²) in [6.07, 6.45) is 1.68. The van der Waals surface area contributed by atoms with E-state index in [1.807, 2.05) is 36.4 Å². The average Bonchev–Trinajstić information content (AvgIpc) is 2.64. The number of ether oxygens (including phenoxy) is 5. The van der Waals surface area contributed by atoms with Crippen LogP contribution < -0.4 is 18.9 Å². The van der Waals surface area contributed by atoms with E-state index in [0.29, 0.717) is 23.0 Å². The Balaban J connectivity index is 2.57. The molecule has 0 aliphatic heterocycles. The zero-order valence-electron chi connectivity index (χ0n) is 14.6. The second kappa shape index (κ2) is 8.15. The summed E-state index contributed by atoms with van der Waals surface area (Å²) < 4.78 is 26.7. The van der Waals surface area contributed by atoms with E-state index in [1.54, 1.807) is 41.8 Å². The van der Waals surface area contributed by atoms with E-state index in [4.69, 9.17) is 23.7 Å². The van der Waals surface area contributed by atoms with Crippen LogP contribution in [0.5, 0.6) is 23.0 Å². The van der Waals surface area contributed by atoms with Crippen molar-refractivity contribution in [3.63, 3.8) is 0 Å². The Morgan fingerprint density at radius 2 is 1.29 bits per heavy atom. The third-order valence-electron chi connectivity index (χ3n) is 3.59. The molecule has 0 unspecified atom stereocenters. The summed E-state index contributed by atoms with van der Waals surface area (Å²) in [4.78, 5) is 0. The molecule has 2 rings (SSSR count). The zero-order chi connectivity index (χ0) is 17.5. The molecule has 0 aliphatic rings. The van der Waals surface area contributed by atoms with Crippen LogP contribution in [0.4, 0.5) is 0 Å². The van der Waals surface area contributed by atoms with Gasteiger partial charge in [-0.15, -0.1) is 0 Å². The van der Waals surface area contributed by atoms with Crippen LogP contribution >= 0.6 is 0 Å². The Labute approximate surface area is 142 Å². The minimum Gasteiger partial charge on any atom is -0.504 e. The lowest BCUT2D eigenvalue weighted by Gasteiger charge is -2.14. The fourth-order valence-electron chi connectivity index (χ4n) is 2.39. The highest BCUT2D eigenvalue weighted by molar-refractivity contribution is 5.81. The number of benzene rings is 2. The molecule has 0 bridgehead atoms. The molecule has 5 nitrogen and oxygen atoms in total. The molecule has 128 valence electrons. The van der Waals surface area contributed by atoms with Gasteiger partial charge in [0.25, 0.3) is 0 Å². The second-order valence-corrected chi connectivity index (χ2v) is 4.94. The molecule has 0 saturated heterocycles. The van der Waals surface area contributed by atoms with Gasteiger partial charge in [-0.05, 0) is 35.4 Å². The maximum atomic E-state index is 5.39. The van der Waals surface area contributed by atoms with E-state index in [9.17, 15) is 0 Å². The Morgan fingerprint density at radius 3 is 1.79 bits per heavy atom. The van der Waals surface area contributed by atoms with Crippen molar-refractivity contribution in [1.29, 1.82) is 0 Å². The summed E-state index contributed by atoms with van der Waals surface area (Å²) in [5, 5.41) is 0. The molecule has 2 aromatic carbocycles. The van der Waals surface area contributed by atoms with E-state index < -0.39 is 0 Å². The molecule has 5 heteroatoms. The molecule has 2 aromatic rings. The summed E-state index contributed by atoms with van der Waals surface area (Å²) in [7, 11) is 8.06. The van der Waals surface area contributed by atoms with Crippen molar-refractivity contribution in [1.82, 2.24) is 0 Å². The van der Waals surface area contributed by atoms with Gasteiger partial charge in [-0.1, -0.05) is 6.07 Å². The van der Waals surface area contributed by atoms with Crippen molar-refractivity contribution < 1.29 is 23.7 Å². The fourth-order valence-corrected chi connectivity index (χ4v) is 2.39. The Bertz CT molecular complexity index is 699. The Kier molecular flexibility index (Phi) is 5.95. The standard InChI is InChI=1S/C19H22O5/c1-20-12-17(13-6-7-18(23-4)19(10-13)24-5)14-8-15(21-2)11-16(9-14)22-3/h6-12H,1-5H3/b17-12-. The van der Waals surface area contributed by atoms with Gasteiger partial charge in [-0.3, -0.25) is 0 Å². The maximum absolute atomic E-state index is 5.39. The summed E-state index contributed by atoms with van der Waals surface area (Å²) >= 11 is 0. The van der Waals surface area contributed by atoms with Gasteiger partial charge < -0.3 is 23.7 Å². The third-order valence-corrected chi connectivity index (χ3v) is 3.59. The van der Waals surface area contributed by atoms with E-state index in [2.05, 4.69) is 0 Å². The van der Waals surface area contributed by atoms with Crippen LogP contribution in [0, 0.1) is 0 Å². The molecule has 0 atom stereocenters. The summed E-state index contributed by atoms with van der Waals surface area (Å²) in [6, 6.07) is 11.4. The van der Waals surface area contributed by atoms with Crippen molar-refractivity contribution in [3.8, 4) is 23.0 Å². The molecular weight excluding hydrogens is 308 g/mol. The Morgan fingerprint density at radius 1 is 0.667 bits per heavy atom. The van der Waals surface area contributed by atoms with Crippen LogP contribution in [0.2, 0.25) is 0 Å². The van der Waals surface area contributed by atoms with Gasteiger partial charge in [0.15, 0.2) is 11.5 Å². The molecule has 0 amide bonds. The van der Waals surface area contributed by atoms with Crippen molar-refractivity contribution in [2.24, 2.45) is 0 Å². The highest BCUT2D eigenvalue weighted by atomic mass is 16.5. The highest BCUT2D eigenvalue weighted by Crippen LogP contribution is 2.35. The smallest absolute Gasteiger partial charge is 0.161 e. The van der Waals surface area contributed by atoms with Crippen LogP contribution in [0.3, 0.4) is 0 Å². The van der Waals surface area contributed by atoms with E-state index in [1.165, 1.54) is 0 Å². The number of methoxy groups -OCH3 is 5. The first-order chi connectivity index (χ1) is 11.7. The first kappa shape index (κ1) is 17.5. The average molecular weight is 330 g/mol. The predicted octanol–water partition coefficient (Wildman–Crippen LogP) is 3.76. The molecule has 0 aromatic heterocycles. The van der Waals surface area contributed by atoms with Crippen LogP contribution in [0.15, 0.2) is 42.7 Å².